The maximum atomic E-state index is 6.89. The zero-order valence-electron chi connectivity index (χ0n) is 8.01. The molecule has 6 nitrogen and oxygen atoms in total. The Morgan fingerprint density at radius 2 is 1.20 bits per heavy atom. The van der Waals surface area contributed by atoms with Gasteiger partial charge in [-0.3, -0.25) is 10.2 Å². The fraction of sp³-hybridized carbons (Fsp3) is 0.333. The fourth-order valence-electron chi connectivity index (χ4n) is 0.431. The summed E-state index contributed by atoms with van der Waals surface area (Å²) < 4.78 is 0. The molecule has 0 saturated carbocycles. The standard InChI is InChI=1S/C6H12N6S2.Cu/c1-3(9-11-5(7)13)4(2)10-12-6(8)14;/h1-2H3,(H6,7,8,9,10,11,12,13,14);/q;+2/p-2. The molecule has 0 aromatic carbocycles. The summed E-state index contributed by atoms with van der Waals surface area (Å²) in [7, 11) is 0. The van der Waals surface area contributed by atoms with Gasteiger partial charge in [0.2, 0.25) is 0 Å². The maximum Gasteiger partial charge on any atom is 2.00 e. The van der Waals surface area contributed by atoms with Crippen molar-refractivity contribution in [3.05, 3.63) is 11.5 Å². The fourth-order valence-corrected chi connectivity index (χ4v) is 0.522. The van der Waals surface area contributed by atoms with Crippen molar-refractivity contribution in [2.45, 2.75) is 13.8 Å². The van der Waals surface area contributed by atoms with Gasteiger partial charge >= 0.3 is 17.1 Å². The molecule has 0 aromatic heterocycles. The summed E-state index contributed by atoms with van der Waals surface area (Å²) in [6.45, 7) is 3.39. The Bertz CT molecular complexity index is 270. The molecular weight excluding hydrogens is 284 g/mol. The number of nitrogens with one attached hydrogen (secondary N) is 4. The number of hydrogen-bond acceptors (Lipinski definition) is 4. The molecule has 0 aromatic rings. The van der Waals surface area contributed by atoms with Crippen LogP contribution in [0.1, 0.15) is 13.8 Å². The van der Waals surface area contributed by atoms with Gasteiger partial charge in [-0.05, 0) is 13.8 Å². The second kappa shape index (κ2) is 8.54. The van der Waals surface area contributed by atoms with Crippen LogP contribution in [-0.4, -0.2) is 21.6 Å². The van der Waals surface area contributed by atoms with Gasteiger partial charge in [-0.15, -0.1) is 0 Å². The minimum Gasteiger partial charge on any atom is -0.472 e. The average Bonchev–Trinajstić information content (AvgIpc) is 2.09. The van der Waals surface area contributed by atoms with Crippen molar-refractivity contribution < 1.29 is 17.1 Å². The van der Waals surface area contributed by atoms with Crippen LogP contribution in [0.4, 0.5) is 0 Å². The van der Waals surface area contributed by atoms with E-state index in [1.165, 1.54) is 0 Å². The molecule has 0 amide bonds. The molecule has 0 saturated heterocycles. The summed E-state index contributed by atoms with van der Waals surface area (Å²) in [5.41, 5.74) is 19.5. The SMILES string of the molecule is CC(=N\NC([NH-])=S)/C(C)=N/NC([NH-])=S.[Cu+2]. The smallest absolute Gasteiger partial charge is 0.472 e. The predicted molar refractivity (Wildman–Crippen MR) is 66.3 cm³/mol. The van der Waals surface area contributed by atoms with Gasteiger partial charge in [0.05, 0.1) is 11.4 Å². The molecule has 0 bridgehead atoms. The Labute approximate surface area is 109 Å². The summed E-state index contributed by atoms with van der Waals surface area (Å²) in [6.07, 6.45) is 0. The van der Waals surface area contributed by atoms with Crippen LogP contribution in [0.25, 0.3) is 11.5 Å². The summed E-state index contributed by atoms with van der Waals surface area (Å²) in [4.78, 5) is 0. The van der Waals surface area contributed by atoms with Crippen molar-refractivity contribution in [2.75, 3.05) is 0 Å². The summed E-state index contributed by atoms with van der Waals surface area (Å²) in [5, 5.41) is 7.20. The van der Waals surface area contributed by atoms with E-state index in [2.05, 4.69) is 45.5 Å². The minimum absolute atomic E-state index is 0. The van der Waals surface area contributed by atoms with Crippen LogP contribution in [0.5, 0.6) is 0 Å². The van der Waals surface area contributed by atoms with Crippen LogP contribution in [-0.2, 0) is 17.1 Å². The van der Waals surface area contributed by atoms with E-state index in [1.54, 1.807) is 13.8 Å². The monoisotopic (exact) mass is 293 g/mol. The molecule has 0 spiro atoms. The molecular formula is C6H10CuN6S2. The minimum atomic E-state index is -0.166. The third-order valence-electron chi connectivity index (χ3n) is 1.17. The molecule has 87 valence electrons. The number of thiocarbonyl (C=S) groups is 2. The average molecular weight is 294 g/mol. The molecule has 0 aliphatic carbocycles. The molecule has 0 heterocycles. The molecule has 0 aliphatic rings. The van der Waals surface area contributed by atoms with E-state index < -0.39 is 0 Å². The summed E-state index contributed by atoms with van der Waals surface area (Å²) in [5.74, 6) is 0. The van der Waals surface area contributed by atoms with Crippen LogP contribution < -0.4 is 10.9 Å². The number of nitrogens with zero attached hydrogens (tertiary/aromatic N) is 2. The Hall–Kier alpha value is -0.761. The topological polar surface area (TPSA) is 96.4 Å². The van der Waals surface area contributed by atoms with Crippen molar-refractivity contribution in [3.8, 4) is 0 Å². The van der Waals surface area contributed by atoms with Gasteiger partial charge in [-0.2, -0.15) is 0 Å². The summed E-state index contributed by atoms with van der Waals surface area (Å²) >= 11 is 8.90. The van der Waals surface area contributed by atoms with Gasteiger partial charge in [-0.1, -0.05) is 24.4 Å². The first-order valence-corrected chi connectivity index (χ1v) is 4.37. The van der Waals surface area contributed by atoms with Crippen LogP contribution in [0.3, 0.4) is 0 Å². The van der Waals surface area contributed by atoms with E-state index in [0.717, 1.165) is 0 Å². The van der Waals surface area contributed by atoms with Gasteiger partial charge in [0.1, 0.15) is 0 Å². The molecule has 1 radical (unpaired) electrons. The molecule has 4 N–H and O–H groups in total. The van der Waals surface area contributed by atoms with E-state index in [1.807, 2.05) is 0 Å². The van der Waals surface area contributed by atoms with E-state index in [0.29, 0.717) is 11.4 Å². The second-order valence-corrected chi connectivity index (χ2v) is 3.09. The molecule has 0 rings (SSSR count). The van der Waals surface area contributed by atoms with Gasteiger partial charge in [0.25, 0.3) is 0 Å². The molecule has 0 unspecified atom stereocenters. The quantitative estimate of drug-likeness (QED) is 0.357. The molecule has 0 atom stereocenters. The molecule has 0 aliphatic heterocycles. The first-order valence-electron chi connectivity index (χ1n) is 3.55. The zero-order valence-corrected chi connectivity index (χ0v) is 10.6. The molecule has 9 heteroatoms. The number of hydrazone groups is 2. The Morgan fingerprint density at radius 1 is 0.933 bits per heavy atom. The first-order chi connectivity index (χ1) is 6.43. The number of rotatable bonds is 3. The van der Waals surface area contributed by atoms with Gasteiger partial charge in [0.15, 0.2) is 0 Å². The number of hydrogen-bond donors (Lipinski definition) is 2. The van der Waals surface area contributed by atoms with Crippen molar-refractivity contribution in [1.29, 1.82) is 0 Å². The Kier molecular flexibility index (Phi) is 9.49. The second-order valence-electron chi connectivity index (χ2n) is 2.28. The molecule has 15 heavy (non-hydrogen) atoms. The van der Waals surface area contributed by atoms with E-state index in [4.69, 9.17) is 11.5 Å². The molecule has 0 fully saturated rings. The zero-order chi connectivity index (χ0) is 11.1. The third-order valence-corrected chi connectivity index (χ3v) is 1.36. The Balaban J connectivity index is 0. The largest absolute Gasteiger partial charge is 2.00 e. The van der Waals surface area contributed by atoms with Crippen molar-refractivity contribution in [1.82, 2.24) is 10.9 Å². The predicted octanol–water partition coefficient (Wildman–Crippen LogP) is 1.59. The van der Waals surface area contributed by atoms with Gasteiger partial charge in [-0.25, -0.2) is 0 Å². The first kappa shape index (κ1) is 16.7. The normalized spacial score (nSPS) is 11.3. The summed E-state index contributed by atoms with van der Waals surface area (Å²) in [6, 6.07) is 0. The Morgan fingerprint density at radius 3 is 1.40 bits per heavy atom. The van der Waals surface area contributed by atoms with Crippen molar-refractivity contribution in [3.63, 3.8) is 0 Å². The third kappa shape index (κ3) is 9.54. The maximum absolute atomic E-state index is 6.89. The van der Waals surface area contributed by atoms with E-state index in [9.17, 15) is 0 Å². The van der Waals surface area contributed by atoms with Crippen LogP contribution in [0, 0.1) is 0 Å². The van der Waals surface area contributed by atoms with Crippen LogP contribution in [0.15, 0.2) is 10.2 Å². The van der Waals surface area contributed by atoms with Gasteiger partial charge in [0, 0.05) is 10.2 Å². The van der Waals surface area contributed by atoms with Crippen molar-refractivity contribution in [2.24, 2.45) is 10.2 Å². The van der Waals surface area contributed by atoms with Crippen molar-refractivity contribution >= 4 is 46.1 Å². The van der Waals surface area contributed by atoms with E-state index >= 15 is 0 Å². The van der Waals surface area contributed by atoms with Crippen LogP contribution >= 0.6 is 24.4 Å². The van der Waals surface area contributed by atoms with Gasteiger partial charge < -0.3 is 22.3 Å². The van der Waals surface area contributed by atoms with E-state index in [-0.39, 0.29) is 27.3 Å². The van der Waals surface area contributed by atoms with Crippen LogP contribution in [0.2, 0.25) is 0 Å².